The second-order valence-corrected chi connectivity index (χ2v) is 4.90. The molecule has 0 radical (unpaired) electrons. The molecule has 0 aliphatic rings. The van der Waals surface area contributed by atoms with Crippen LogP contribution in [0.15, 0.2) is 54.6 Å². The van der Waals surface area contributed by atoms with Crippen molar-refractivity contribution in [3.63, 3.8) is 0 Å². The van der Waals surface area contributed by atoms with Gasteiger partial charge in [-0.25, -0.2) is 0 Å². The van der Waals surface area contributed by atoms with Crippen LogP contribution < -0.4 is 0 Å². The van der Waals surface area contributed by atoms with Crippen molar-refractivity contribution in [1.29, 1.82) is 0 Å². The molecule has 0 bridgehead atoms. The molecule has 98 valence electrons. The SMILES string of the molecule is CC(C(=O)O)C(C)c1ccc(-c2ccccc2)cc1. The number of hydrogen-bond donors (Lipinski definition) is 1. The first-order valence-electron chi connectivity index (χ1n) is 6.48. The van der Waals surface area contributed by atoms with E-state index >= 15 is 0 Å². The fraction of sp³-hybridized carbons (Fsp3) is 0.235. The van der Waals surface area contributed by atoms with Crippen molar-refractivity contribution in [2.45, 2.75) is 19.8 Å². The summed E-state index contributed by atoms with van der Waals surface area (Å²) in [5.74, 6) is -1.11. The number of carboxylic acid groups (broad SMARTS) is 1. The summed E-state index contributed by atoms with van der Waals surface area (Å²) in [4.78, 5) is 11.0. The van der Waals surface area contributed by atoms with Crippen LogP contribution >= 0.6 is 0 Å². The van der Waals surface area contributed by atoms with Gasteiger partial charge >= 0.3 is 5.97 Å². The van der Waals surface area contributed by atoms with E-state index in [9.17, 15) is 4.79 Å². The molecule has 2 aromatic rings. The number of aliphatic carboxylic acids is 1. The van der Waals surface area contributed by atoms with Crippen molar-refractivity contribution in [3.05, 3.63) is 60.2 Å². The number of rotatable bonds is 4. The van der Waals surface area contributed by atoms with Gasteiger partial charge in [0.25, 0.3) is 0 Å². The molecular formula is C17H18O2. The van der Waals surface area contributed by atoms with Crippen molar-refractivity contribution < 1.29 is 9.90 Å². The molecule has 0 aliphatic carbocycles. The number of hydrogen-bond acceptors (Lipinski definition) is 1. The normalized spacial score (nSPS) is 13.8. The van der Waals surface area contributed by atoms with Gasteiger partial charge in [0.05, 0.1) is 5.92 Å². The average molecular weight is 254 g/mol. The highest BCUT2D eigenvalue weighted by atomic mass is 16.4. The van der Waals surface area contributed by atoms with Gasteiger partial charge in [-0.1, -0.05) is 68.4 Å². The van der Waals surface area contributed by atoms with Crippen molar-refractivity contribution in [1.82, 2.24) is 0 Å². The van der Waals surface area contributed by atoms with Crippen molar-refractivity contribution >= 4 is 5.97 Å². The minimum Gasteiger partial charge on any atom is -0.481 e. The van der Waals surface area contributed by atoms with Crippen LogP contribution in [-0.4, -0.2) is 11.1 Å². The van der Waals surface area contributed by atoms with Crippen molar-refractivity contribution in [3.8, 4) is 11.1 Å². The van der Waals surface area contributed by atoms with Crippen LogP contribution in [0.3, 0.4) is 0 Å². The number of benzene rings is 2. The van der Waals surface area contributed by atoms with Crippen LogP contribution in [0.2, 0.25) is 0 Å². The van der Waals surface area contributed by atoms with Gasteiger partial charge in [0.15, 0.2) is 0 Å². The van der Waals surface area contributed by atoms with E-state index in [0.29, 0.717) is 0 Å². The summed E-state index contributed by atoms with van der Waals surface area (Å²) in [6, 6.07) is 18.3. The van der Waals surface area contributed by atoms with Gasteiger partial charge in [0, 0.05) is 0 Å². The molecule has 2 atom stereocenters. The van der Waals surface area contributed by atoms with Gasteiger partial charge in [-0.2, -0.15) is 0 Å². The zero-order valence-electron chi connectivity index (χ0n) is 11.2. The molecule has 2 rings (SSSR count). The van der Waals surface area contributed by atoms with E-state index in [-0.39, 0.29) is 11.8 Å². The van der Waals surface area contributed by atoms with Crippen LogP contribution in [0.4, 0.5) is 0 Å². The van der Waals surface area contributed by atoms with Gasteiger partial charge in [0.2, 0.25) is 0 Å². The minimum atomic E-state index is -0.750. The van der Waals surface area contributed by atoms with Crippen molar-refractivity contribution in [2.75, 3.05) is 0 Å². The maximum absolute atomic E-state index is 11.0. The smallest absolute Gasteiger partial charge is 0.306 e. The first-order chi connectivity index (χ1) is 9.09. The zero-order chi connectivity index (χ0) is 13.8. The van der Waals surface area contributed by atoms with Crippen LogP contribution in [0, 0.1) is 5.92 Å². The molecule has 1 N–H and O–H groups in total. The topological polar surface area (TPSA) is 37.3 Å². The van der Waals surface area contributed by atoms with Crippen LogP contribution in [0.1, 0.15) is 25.3 Å². The fourth-order valence-electron chi connectivity index (χ4n) is 2.11. The lowest BCUT2D eigenvalue weighted by Crippen LogP contribution is -2.16. The predicted molar refractivity (Wildman–Crippen MR) is 77.1 cm³/mol. The summed E-state index contributed by atoms with van der Waals surface area (Å²) in [5.41, 5.74) is 3.39. The summed E-state index contributed by atoms with van der Waals surface area (Å²) in [6.45, 7) is 3.70. The second kappa shape index (κ2) is 5.70. The summed E-state index contributed by atoms with van der Waals surface area (Å²) in [7, 11) is 0. The number of carbonyl (C=O) groups is 1. The highest BCUT2D eigenvalue weighted by molar-refractivity contribution is 5.71. The Morgan fingerprint density at radius 2 is 1.42 bits per heavy atom. The highest BCUT2D eigenvalue weighted by Crippen LogP contribution is 2.27. The molecule has 0 aliphatic heterocycles. The van der Waals surface area contributed by atoms with E-state index < -0.39 is 5.97 Å². The lowest BCUT2D eigenvalue weighted by atomic mass is 9.88. The van der Waals surface area contributed by atoms with E-state index in [2.05, 4.69) is 24.3 Å². The Hall–Kier alpha value is -2.09. The molecule has 0 spiro atoms. The van der Waals surface area contributed by atoms with Crippen LogP contribution in [-0.2, 0) is 4.79 Å². The zero-order valence-corrected chi connectivity index (χ0v) is 11.2. The third-order valence-corrected chi connectivity index (χ3v) is 3.68. The summed E-state index contributed by atoms with van der Waals surface area (Å²) >= 11 is 0. The first-order valence-corrected chi connectivity index (χ1v) is 6.48. The van der Waals surface area contributed by atoms with Crippen LogP contribution in [0.5, 0.6) is 0 Å². The molecule has 2 unspecified atom stereocenters. The second-order valence-electron chi connectivity index (χ2n) is 4.90. The van der Waals surface area contributed by atoms with E-state index in [4.69, 9.17) is 5.11 Å². The van der Waals surface area contributed by atoms with E-state index in [1.165, 1.54) is 5.56 Å². The lowest BCUT2D eigenvalue weighted by Gasteiger charge is -2.16. The minimum absolute atomic E-state index is 0.0160. The Labute approximate surface area is 113 Å². The predicted octanol–water partition coefficient (Wildman–Crippen LogP) is 4.18. The first kappa shape index (κ1) is 13.3. The molecule has 0 amide bonds. The van der Waals surface area contributed by atoms with Gasteiger partial charge in [-0.15, -0.1) is 0 Å². The highest BCUT2D eigenvalue weighted by Gasteiger charge is 2.20. The molecule has 2 nitrogen and oxygen atoms in total. The third kappa shape index (κ3) is 3.02. The summed E-state index contributed by atoms with van der Waals surface area (Å²) < 4.78 is 0. The Bertz CT molecular complexity index is 543. The van der Waals surface area contributed by atoms with Gasteiger partial charge in [0.1, 0.15) is 0 Å². The summed E-state index contributed by atoms with van der Waals surface area (Å²) in [6.07, 6.45) is 0. The Morgan fingerprint density at radius 3 is 1.95 bits per heavy atom. The standard InChI is InChI=1S/C17H18O2/c1-12(13(2)17(18)19)14-8-10-16(11-9-14)15-6-4-3-5-7-15/h3-13H,1-2H3,(H,18,19). The van der Waals surface area contributed by atoms with E-state index in [0.717, 1.165) is 11.1 Å². The Balaban J connectivity index is 2.22. The third-order valence-electron chi connectivity index (χ3n) is 3.68. The Kier molecular flexibility index (Phi) is 4.00. The maximum atomic E-state index is 11.0. The molecule has 2 heteroatoms. The molecular weight excluding hydrogens is 236 g/mol. The quantitative estimate of drug-likeness (QED) is 0.888. The molecule has 0 heterocycles. The molecule has 0 saturated carbocycles. The van der Waals surface area contributed by atoms with Gasteiger partial charge in [-0.3, -0.25) is 4.79 Å². The molecule has 0 fully saturated rings. The van der Waals surface area contributed by atoms with Crippen LogP contribution in [0.25, 0.3) is 11.1 Å². The monoisotopic (exact) mass is 254 g/mol. The summed E-state index contributed by atoms with van der Waals surface area (Å²) in [5, 5.41) is 9.05. The molecule has 2 aromatic carbocycles. The van der Waals surface area contributed by atoms with Gasteiger partial charge in [-0.05, 0) is 22.6 Å². The van der Waals surface area contributed by atoms with Gasteiger partial charge < -0.3 is 5.11 Å². The molecule has 19 heavy (non-hydrogen) atoms. The average Bonchev–Trinajstić information content (AvgIpc) is 2.46. The lowest BCUT2D eigenvalue weighted by molar-refractivity contribution is -0.141. The number of carboxylic acids is 1. The van der Waals surface area contributed by atoms with E-state index in [1.54, 1.807) is 6.92 Å². The maximum Gasteiger partial charge on any atom is 0.306 e. The largest absolute Gasteiger partial charge is 0.481 e. The Morgan fingerprint density at radius 1 is 0.895 bits per heavy atom. The molecule has 0 aromatic heterocycles. The molecule has 0 saturated heterocycles. The van der Waals surface area contributed by atoms with Crippen molar-refractivity contribution in [2.24, 2.45) is 5.92 Å². The van der Waals surface area contributed by atoms with E-state index in [1.807, 2.05) is 37.3 Å². The fourth-order valence-corrected chi connectivity index (χ4v) is 2.11.